The van der Waals surface area contributed by atoms with E-state index in [1.54, 1.807) is 0 Å². The van der Waals surface area contributed by atoms with Crippen LogP contribution in [0.1, 0.15) is 46.0 Å². The van der Waals surface area contributed by atoms with Crippen LogP contribution in [0.25, 0.3) is 0 Å². The maximum atomic E-state index is 12.0. The molecule has 0 unspecified atom stereocenters. The number of rotatable bonds is 5. The molecule has 3 aliphatic carbocycles. The lowest BCUT2D eigenvalue weighted by Gasteiger charge is -2.66. The van der Waals surface area contributed by atoms with Crippen LogP contribution in [0, 0.1) is 10.8 Å². The minimum absolute atomic E-state index is 0.000992. The molecule has 0 aromatic heterocycles. The first kappa shape index (κ1) is 11.2. The van der Waals surface area contributed by atoms with Gasteiger partial charge in [0.2, 0.25) is 0 Å². The highest BCUT2D eigenvalue weighted by atomic mass is 35.5. The van der Waals surface area contributed by atoms with E-state index >= 15 is 0 Å². The molecular weight excluding hydrogens is 208 g/mol. The molecule has 0 heterocycles. The molecule has 0 aromatic carbocycles. The fourth-order valence-electron chi connectivity index (χ4n) is 2.76. The van der Waals surface area contributed by atoms with Crippen molar-refractivity contribution in [1.29, 1.82) is 0 Å². The molecule has 0 amide bonds. The van der Waals surface area contributed by atoms with Crippen LogP contribution in [0.15, 0.2) is 12.7 Å². The van der Waals surface area contributed by atoms with E-state index in [9.17, 15) is 4.79 Å². The topological polar surface area (TPSA) is 17.1 Å². The molecule has 3 fully saturated rings. The standard InChI is InChI=1S/C13H19ClO/c1-4-11(2,3)6-5-10(15)12-7-13(14,8-12)9-12/h4H,1,5-9H2,2-3H3. The number of hydrogen-bond acceptors (Lipinski definition) is 1. The first-order chi connectivity index (χ1) is 6.81. The molecule has 84 valence electrons. The number of halogens is 1. The Balaban J connectivity index is 1.82. The van der Waals surface area contributed by atoms with Gasteiger partial charge in [-0.25, -0.2) is 0 Å². The summed E-state index contributed by atoms with van der Waals surface area (Å²) in [6.45, 7) is 8.04. The van der Waals surface area contributed by atoms with E-state index in [0.717, 1.165) is 25.7 Å². The van der Waals surface area contributed by atoms with E-state index in [-0.39, 0.29) is 15.7 Å². The number of hydrogen-bond donors (Lipinski definition) is 0. The smallest absolute Gasteiger partial charge is 0.139 e. The second-order valence-electron chi connectivity index (χ2n) is 6.08. The van der Waals surface area contributed by atoms with Crippen LogP contribution in [0.2, 0.25) is 0 Å². The van der Waals surface area contributed by atoms with Crippen molar-refractivity contribution in [3.05, 3.63) is 12.7 Å². The summed E-state index contributed by atoms with van der Waals surface area (Å²) in [5, 5.41) is 0. The van der Waals surface area contributed by atoms with Crippen LogP contribution in [0.4, 0.5) is 0 Å². The van der Waals surface area contributed by atoms with Gasteiger partial charge in [-0.3, -0.25) is 4.79 Å². The molecule has 1 nitrogen and oxygen atoms in total. The second kappa shape index (κ2) is 3.10. The van der Waals surface area contributed by atoms with Crippen molar-refractivity contribution >= 4 is 17.4 Å². The third kappa shape index (κ3) is 1.75. The summed E-state index contributed by atoms with van der Waals surface area (Å²) < 4.78 is 0. The highest BCUT2D eigenvalue weighted by Gasteiger charge is 2.70. The second-order valence-corrected chi connectivity index (χ2v) is 6.88. The van der Waals surface area contributed by atoms with E-state index in [4.69, 9.17) is 11.6 Å². The number of Topliss-reactive ketones (excluding diaryl/α,β-unsaturated/α-hetero) is 1. The summed E-state index contributed by atoms with van der Waals surface area (Å²) in [6, 6.07) is 0. The summed E-state index contributed by atoms with van der Waals surface area (Å²) >= 11 is 6.15. The van der Waals surface area contributed by atoms with Crippen molar-refractivity contribution in [2.24, 2.45) is 10.8 Å². The van der Waals surface area contributed by atoms with E-state index in [1.165, 1.54) is 0 Å². The number of alkyl halides is 1. The fraction of sp³-hybridized carbons (Fsp3) is 0.769. The Labute approximate surface area is 96.9 Å². The molecule has 0 aliphatic heterocycles. The Morgan fingerprint density at radius 3 is 2.40 bits per heavy atom. The Bertz CT molecular complexity index is 297. The molecule has 2 heteroatoms. The zero-order valence-electron chi connectivity index (χ0n) is 9.61. The highest BCUT2D eigenvalue weighted by Crippen LogP contribution is 2.71. The van der Waals surface area contributed by atoms with Crippen LogP contribution >= 0.6 is 11.6 Å². The van der Waals surface area contributed by atoms with Gasteiger partial charge in [-0.15, -0.1) is 18.2 Å². The minimum Gasteiger partial charge on any atom is -0.299 e. The van der Waals surface area contributed by atoms with E-state index < -0.39 is 0 Å². The van der Waals surface area contributed by atoms with Gasteiger partial charge < -0.3 is 0 Å². The Hall–Kier alpha value is -0.300. The maximum absolute atomic E-state index is 12.0. The fourth-order valence-corrected chi connectivity index (χ4v) is 3.53. The molecule has 3 aliphatic rings. The first-order valence-electron chi connectivity index (χ1n) is 5.67. The van der Waals surface area contributed by atoms with Gasteiger partial charge in [0.1, 0.15) is 5.78 Å². The molecule has 0 atom stereocenters. The summed E-state index contributed by atoms with van der Waals surface area (Å²) in [5.74, 6) is 0.431. The van der Waals surface area contributed by atoms with Crippen LogP contribution < -0.4 is 0 Å². The summed E-state index contributed by atoms with van der Waals surface area (Å²) in [6.07, 6.45) is 6.31. The third-order valence-corrected chi connectivity index (χ3v) is 4.51. The van der Waals surface area contributed by atoms with Gasteiger partial charge in [0, 0.05) is 16.7 Å². The summed E-state index contributed by atoms with van der Waals surface area (Å²) in [4.78, 5) is 12.0. The summed E-state index contributed by atoms with van der Waals surface area (Å²) in [5.41, 5.74) is 0.0802. The largest absolute Gasteiger partial charge is 0.299 e. The van der Waals surface area contributed by atoms with Crippen LogP contribution in [0.5, 0.6) is 0 Å². The average Bonchev–Trinajstić information content (AvgIpc) is 2.08. The molecular formula is C13H19ClO. The molecule has 3 saturated carbocycles. The number of allylic oxidation sites excluding steroid dienone is 1. The molecule has 0 N–H and O–H groups in total. The maximum Gasteiger partial charge on any atom is 0.139 e. The van der Waals surface area contributed by atoms with Gasteiger partial charge >= 0.3 is 0 Å². The van der Waals surface area contributed by atoms with Crippen molar-refractivity contribution in [1.82, 2.24) is 0 Å². The lowest BCUT2D eigenvalue weighted by atomic mass is 9.42. The quantitative estimate of drug-likeness (QED) is 0.516. The Morgan fingerprint density at radius 1 is 1.47 bits per heavy atom. The van der Waals surface area contributed by atoms with Gasteiger partial charge in [0.05, 0.1) is 0 Å². The molecule has 0 radical (unpaired) electrons. The lowest BCUT2D eigenvalue weighted by Crippen LogP contribution is -2.67. The minimum atomic E-state index is -0.000992. The van der Waals surface area contributed by atoms with E-state index in [0.29, 0.717) is 12.2 Å². The Morgan fingerprint density at radius 2 is 2.00 bits per heavy atom. The van der Waals surface area contributed by atoms with Gasteiger partial charge in [-0.05, 0) is 31.1 Å². The molecule has 15 heavy (non-hydrogen) atoms. The molecule has 0 aromatic rings. The molecule has 0 saturated heterocycles. The Kier molecular flexibility index (Phi) is 2.31. The van der Waals surface area contributed by atoms with Gasteiger partial charge in [0.15, 0.2) is 0 Å². The molecule has 2 bridgehead atoms. The van der Waals surface area contributed by atoms with Crippen molar-refractivity contribution in [3.8, 4) is 0 Å². The molecule has 3 rings (SSSR count). The monoisotopic (exact) mass is 226 g/mol. The van der Waals surface area contributed by atoms with Gasteiger partial charge in [-0.1, -0.05) is 19.9 Å². The normalized spacial score (nSPS) is 37.8. The predicted octanol–water partition coefficient (Wildman–Crippen LogP) is 3.71. The highest BCUT2D eigenvalue weighted by molar-refractivity contribution is 6.27. The van der Waals surface area contributed by atoms with Crippen molar-refractivity contribution in [2.75, 3.05) is 0 Å². The van der Waals surface area contributed by atoms with Crippen molar-refractivity contribution in [3.63, 3.8) is 0 Å². The molecule has 0 spiro atoms. The SMILES string of the molecule is C=CC(C)(C)CCC(=O)C12CC(Cl)(C1)C2. The zero-order chi connectivity index (χ0) is 11.3. The van der Waals surface area contributed by atoms with Crippen LogP contribution in [-0.4, -0.2) is 10.7 Å². The number of carbonyl (C=O) groups excluding carboxylic acids is 1. The van der Waals surface area contributed by atoms with E-state index in [1.807, 2.05) is 6.08 Å². The van der Waals surface area contributed by atoms with Crippen molar-refractivity contribution < 1.29 is 4.79 Å². The number of carbonyl (C=O) groups is 1. The van der Waals surface area contributed by atoms with Crippen LogP contribution in [-0.2, 0) is 4.79 Å². The first-order valence-corrected chi connectivity index (χ1v) is 6.05. The average molecular weight is 227 g/mol. The van der Waals surface area contributed by atoms with Crippen LogP contribution in [0.3, 0.4) is 0 Å². The third-order valence-electron chi connectivity index (χ3n) is 4.11. The number of ketones is 1. The summed E-state index contributed by atoms with van der Waals surface area (Å²) in [7, 11) is 0. The van der Waals surface area contributed by atoms with E-state index in [2.05, 4.69) is 20.4 Å². The van der Waals surface area contributed by atoms with Gasteiger partial charge in [-0.2, -0.15) is 0 Å². The van der Waals surface area contributed by atoms with Crippen molar-refractivity contribution in [2.45, 2.75) is 50.8 Å². The lowest BCUT2D eigenvalue weighted by molar-refractivity contribution is -0.156. The zero-order valence-corrected chi connectivity index (χ0v) is 10.4. The predicted molar refractivity (Wildman–Crippen MR) is 63.1 cm³/mol. The van der Waals surface area contributed by atoms with Gasteiger partial charge in [0.25, 0.3) is 0 Å².